The van der Waals surface area contributed by atoms with Crippen LogP contribution in [0.3, 0.4) is 0 Å². The molecule has 1 heterocycles. The number of rotatable bonds is 4. The number of anilines is 1. The molecule has 0 aliphatic carbocycles. The van der Waals surface area contributed by atoms with Crippen molar-refractivity contribution < 1.29 is 14.0 Å². The SMILES string of the molecule is Cc1c(-c2ccccc2)oc2c(C(=O)Nc3ccccc3SC(=O)N(C)C)cccc2c1=O. The van der Waals surface area contributed by atoms with Crippen molar-refractivity contribution in [1.29, 1.82) is 0 Å². The van der Waals surface area contributed by atoms with Gasteiger partial charge in [-0.25, -0.2) is 0 Å². The first-order chi connectivity index (χ1) is 15.9. The van der Waals surface area contributed by atoms with Gasteiger partial charge in [0, 0.05) is 30.1 Å². The summed E-state index contributed by atoms with van der Waals surface area (Å²) in [4.78, 5) is 40.6. The third kappa shape index (κ3) is 4.54. The molecule has 0 bridgehead atoms. The van der Waals surface area contributed by atoms with E-state index < -0.39 is 5.91 Å². The molecule has 0 unspecified atom stereocenters. The summed E-state index contributed by atoms with van der Waals surface area (Å²) < 4.78 is 6.15. The molecule has 4 aromatic rings. The van der Waals surface area contributed by atoms with Crippen LogP contribution >= 0.6 is 11.8 Å². The van der Waals surface area contributed by atoms with Gasteiger partial charge in [0.25, 0.3) is 11.1 Å². The maximum atomic E-state index is 13.3. The Kier molecular flexibility index (Phi) is 6.33. The van der Waals surface area contributed by atoms with Gasteiger partial charge in [-0.05, 0) is 43.0 Å². The van der Waals surface area contributed by atoms with E-state index in [1.54, 1.807) is 63.5 Å². The van der Waals surface area contributed by atoms with Gasteiger partial charge in [0.15, 0.2) is 11.0 Å². The molecule has 4 rings (SSSR count). The van der Waals surface area contributed by atoms with Crippen molar-refractivity contribution in [2.75, 3.05) is 19.4 Å². The topological polar surface area (TPSA) is 79.6 Å². The molecule has 2 amide bonds. The van der Waals surface area contributed by atoms with Gasteiger partial charge >= 0.3 is 0 Å². The standard InChI is InChI=1S/C26H22N2O4S/c1-16-22(29)18-12-9-13-19(24(18)32-23(16)17-10-5-4-6-11-17)25(30)27-20-14-7-8-15-21(20)33-26(31)28(2)3/h4-15H,1-3H3,(H,27,30). The highest BCUT2D eigenvalue weighted by Gasteiger charge is 2.20. The molecule has 7 heteroatoms. The Labute approximate surface area is 195 Å². The smallest absolute Gasteiger partial charge is 0.286 e. The van der Waals surface area contributed by atoms with Gasteiger partial charge in [-0.3, -0.25) is 14.4 Å². The van der Waals surface area contributed by atoms with Crippen LogP contribution in [0.2, 0.25) is 0 Å². The second-order valence-electron chi connectivity index (χ2n) is 7.65. The highest BCUT2D eigenvalue weighted by atomic mass is 32.2. The number of carbonyl (C=O) groups excluding carboxylic acids is 2. The summed E-state index contributed by atoms with van der Waals surface area (Å²) in [7, 11) is 3.34. The zero-order valence-corrected chi connectivity index (χ0v) is 19.2. The second kappa shape index (κ2) is 9.34. The van der Waals surface area contributed by atoms with Gasteiger partial charge in [0.2, 0.25) is 0 Å². The van der Waals surface area contributed by atoms with Crippen LogP contribution in [-0.4, -0.2) is 30.1 Å². The summed E-state index contributed by atoms with van der Waals surface area (Å²) in [6.07, 6.45) is 0. The maximum absolute atomic E-state index is 13.3. The molecule has 33 heavy (non-hydrogen) atoms. The first-order valence-electron chi connectivity index (χ1n) is 10.3. The lowest BCUT2D eigenvalue weighted by atomic mass is 10.0. The van der Waals surface area contributed by atoms with Crippen LogP contribution in [0.4, 0.5) is 10.5 Å². The second-order valence-corrected chi connectivity index (χ2v) is 8.64. The fourth-order valence-corrected chi connectivity index (χ4v) is 4.13. The van der Waals surface area contributed by atoms with Gasteiger partial charge in [0.05, 0.1) is 16.6 Å². The van der Waals surface area contributed by atoms with Crippen molar-refractivity contribution >= 4 is 39.6 Å². The average Bonchev–Trinajstić information content (AvgIpc) is 2.82. The molecule has 0 saturated heterocycles. The van der Waals surface area contributed by atoms with E-state index in [1.807, 2.05) is 30.3 Å². The number of para-hydroxylation sites is 2. The lowest BCUT2D eigenvalue weighted by Gasteiger charge is -2.14. The zero-order chi connectivity index (χ0) is 23.5. The molecule has 0 radical (unpaired) electrons. The number of nitrogens with one attached hydrogen (secondary N) is 1. The van der Waals surface area contributed by atoms with Crippen molar-refractivity contribution in [3.63, 3.8) is 0 Å². The Morgan fingerprint density at radius 2 is 1.61 bits per heavy atom. The maximum Gasteiger partial charge on any atom is 0.286 e. The van der Waals surface area contributed by atoms with Crippen LogP contribution in [0, 0.1) is 6.92 Å². The third-order valence-electron chi connectivity index (χ3n) is 5.12. The molecule has 0 aliphatic heterocycles. The summed E-state index contributed by atoms with van der Waals surface area (Å²) >= 11 is 1.02. The van der Waals surface area contributed by atoms with E-state index in [-0.39, 0.29) is 21.8 Å². The molecule has 0 aliphatic rings. The minimum absolute atomic E-state index is 0.157. The molecule has 166 valence electrons. The van der Waals surface area contributed by atoms with Gasteiger partial charge in [-0.1, -0.05) is 48.5 Å². The first kappa shape index (κ1) is 22.4. The molecule has 0 fully saturated rings. The van der Waals surface area contributed by atoms with E-state index in [4.69, 9.17) is 4.42 Å². The molecule has 0 atom stereocenters. The lowest BCUT2D eigenvalue weighted by Crippen LogP contribution is -2.17. The van der Waals surface area contributed by atoms with Crippen molar-refractivity contribution in [3.05, 3.63) is 94.1 Å². The van der Waals surface area contributed by atoms with Gasteiger partial charge in [0.1, 0.15) is 5.76 Å². The number of benzene rings is 3. The Morgan fingerprint density at radius 1 is 0.909 bits per heavy atom. The number of carbonyl (C=O) groups is 2. The van der Waals surface area contributed by atoms with E-state index in [9.17, 15) is 14.4 Å². The minimum Gasteiger partial charge on any atom is -0.455 e. The van der Waals surface area contributed by atoms with Crippen LogP contribution in [0.1, 0.15) is 15.9 Å². The quantitative estimate of drug-likeness (QED) is 0.391. The molecule has 6 nitrogen and oxygen atoms in total. The predicted molar refractivity (Wildman–Crippen MR) is 132 cm³/mol. The van der Waals surface area contributed by atoms with E-state index in [1.165, 1.54) is 4.90 Å². The van der Waals surface area contributed by atoms with Crippen molar-refractivity contribution in [2.24, 2.45) is 0 Å². The normalized spacial score (nSPS) is 10.8. The van der Waals surface area contributed by atoms with Crippen molar-refractivity contribution in [2.45, 2.75) is 11.8 Å². The average molecular weight is 459 g/mol. The number of hydrogen-bond donors (Lipinski definition) is 1. The molecular weight excluding hydrogens is 436 g/mol. The van der Waals surface area contributed by atoms with Crippen LogP contribution in [0.25, 0.3) is 22.3 Å². The molecule has 1 aromatic heterocycles. The predicted octanol–water partition coefficient (Wildman–Crippen LogP) is 5.79. The van der Waals surface area contributed by atoms with E-state index in [0.717, 1.165) is 17.3 Å². The largest absolute Gasteiger partial charge is 0.455 e. The summed E-state index contributed by atoms with van der Waals surface area (Å²) in [6.45, 7) is 1.72. The van der Waals surface area contributed by atoms with Crippen LogP contribution in [0.15, 0.2) is 86.9 Å². The minimum atomic E-state index is -0.433. The zero-order valence-electron chi connectivity index (χ0n) is 18.4. The van der Waals surface area contributed by atoms with E-state index in [2.05, 4.69) is 5.32 Å². The Balaban J connectivity index is 1.77. The molecule has 0 saturated carbocycles. The van der Waals surface area contributed by atoms with Crippen LogP contribution in [-0.2, 0) is 0 Å². The number of nitrogens with zero attached hydrogens (tertiary/aromatic N) is 1. The number of hydrogen-bond acceptors (Lipinski definition) is 5. The third-order valence-corrected chi connectivity index (χ3v) is 6.24. The Hall–Kier alpha value is -3.84. The highest BCUT2D eigenvalue weighted by molar-refractivity contribution is 8.13. The van der Waals surface area contributed by atoms with Crippen LogP contribution < -0.4 is 10.7 Å². The number of amides is 2. The summed E-state index contributed by atoms with van der Waals surface area (Å²) in [5, 5.41) is 3.05. The first-order valence-corrected chi connectivity index (χ1v) is 11.1. The van der Waals surface area contributed by atoms with Crippen LogP contribution in [0.5, 0.6) is 0 Å². The highest BCUT2D eigenvalue weighted by Crippen LogP contribution is 2.31. The molecule has 3 aromatic carbocycles. The lowest BCUT2D eigenvalue weighted by molar-refractivity contribution is 0.102. The number of fused-ring (bicyclic) bond motifs is 1. The summed E-state index contributed by atoms with van der Waals surface area (Å²) in [5.41, 5.74) is 2.01. The Bertz CT molecular complexity index is 1410. The number of thioether (sulfide) groups is 1. The monoisotopic (exact) mass is 458 g/mol. The fourth-order valence-electron chi connectivity index (χ4n) is 3.39. The molecular formula is C26H22N2O4S. The molecule has 0 spiro atoms. The van der Waals surface area contributed by atoms with Gasteiger partial charge in [-0.2, -0.15) is 0 Å². The van der Waals surface area contributed by atoms with Crippen molar-refractivity contribution in [3.8, 4) is 11.3 Å². The van der Waals surface area contributed by atoms with Crippen molar-refractivity contribution in [1.82, 2.24) is 4.90 Å². The Morgan fingerprint density at radius 3 is 2.33 bits per heavy atom. The van der Waals surface area contributed by atoms with E-state index in [0.29, 0.717) is 27.3 Å². The van der Waals surface area contributed by atoms with Gasteiger partial charge in [-0.15, -0.1) is 0 Å². The fraction of sp³-hybridized carbons (Fsp3) is 0.115. The summed E-state index contributed by atoms with van der Waals surface area (Å²) in [6, 6.07) is 21.3. The summed E-state index contributed by atoms with van der Waals surface area (Å²) in [5.74, 6) is -0.00199. The molecule has 1 N–H and O–H groups in total. The van der Waals surface area contributed by atoms with Gasteiger partial charge < -0.3 is 14.6 Å². The van der Waals surface area contributed by atoms with E-state index >= 15 is 0 Å².